The summed E-state index contributed by atoms with van der Waals surface area (Å²) in [5.74, 6) is -2.28. The number of hydroxylamine groups is 2. The van der Waals surface area contributed by atoms with Gasteiger partial charge < -0.3 is 9.74 Å². The fraction of sp³-hybridized carbons (Fsp3) is 0.455. The Bertz CT molecular complexity index is 440. The van der Waals surface area contributed by atoms with Gasteiger partial charge in [-0.25, -0.2) is 4.79 Å². The number of rotatable bonds is 3. The third-order valence-corrected chi connectivity index (χ3v) is 2.81. The van der Waals surface area contributed by atoms with E-state index in [4.69, 9.17) is 0 Å². The predicted octanol–water partition coefficient (Wildman–Crippen LogP) is -0.270. The molecule has 0 N–H and O–H groups in total. The predicted molar refractivity (Wildman–Crippen MR) is 57.3 cm³/mol. The molecule has 7 heteroatoms. The Hall–Kier alpha value is -2.18. The SMILES string of the molecule is C=C(C(=O)ON1C(=O)CCC1=O)N1CCCC1=O. The summed E-state index contributed by atoms with van der Waals surface area (Å²) in [4.78, 5) is 51.4. The zero-order chi connectivity index (χ0) is 13.3. The summed E-state index contributed by atoms with van der Waals surface area (Å²) in [6.07, 6.45) is 1.06. The van der Waals surface area contributed by atoms with Crippen LogP contribution in [0.3, 0.4) is 0 Å². The molecule has 0 atom stereocenters. The summed E-state index contributed by atoms with van der Waals surface area (Å²) in [5, 5.41) is 0.439. The van der Waals surface area contributed by atoms with Gasteiger partial charge in [-0.05, 0) is 6.42 Å². The van der Waals surface area contributed by atoms with Gasteiger partial charge >= 0.3 is 5.97 Å². The topological polar surface area (TPSA) is 84.0 Å². The molecule has 0 spiro atoms. The highest BCUT2D eigenvalue weighted by atomic mass is 16.7. The summed E-state index contributed by atoms with van der Waals surface area (Å²) in [7, 11) is 0. The van der Waals surface area contributed by atoms with Crippen LogP contribution < -0.4 is 0 Å². The monoisotopic (exact) mass is 252 g/mol. The Morgan fingerprint density at radius 1 is 1.06 bits per heavy atom. The van der Waals surface area contributed by atoms with E-state index in [-0.39, 0.29) is 24.4 Å². The van der Waals surface area contributed by atoms with E-state index < -0.39 is 17.8 Å². The van der Waals surface area contributed by atoms with Crippen LogP contribution in [0.25, 0.3) is 0 Å². The van der Waals surface area contributed by atoms with E-state index in [9.17, 15) is 19.2 Å². The van der Waals surface area contributed by atoms with Crippen LogP contribution in [0.2, 0.25) is 0 Å². The first-order valence-electron chi connectivity index (χ1n) is 5.58. The van der Waals surface area contributed by atoms with Crippen molar-refractivity contribution in [3.8, 4) is 0 Å². The molecule has 2 heterocycles. The molecular formula is C11H12N2O5. The molecule has 2 saturated heterocycles. The molecule has 0 radical (unpaired) electrons. The standard InChI is InChI=1S/C11H12N2O5/c1-7(12-6-2-3-8(12)14)11(17)18-13-9(15)4-5-10(13)16/h1-6H2. The van der Waals surface area contributed by atoms with Crippen molar-refractivity contribution in [1.82, 2.24) is 9.96 Å². The van der Waals surface area contributed by atoms with E-state index in [1.165, 1.54) is 4.90 Å². The summed E-state index contributed by atoms with van der Waals surface area (Å²) < 4.78 is 0. The third-order valence-electron chi connectivity index (χ3n) is 2.81. The Balaban J connectivity index is 1.99. The molecule has 3 amide bonds. The summed E-state index contributed by atoms with van der Waals surface area (Å²) in [6, 6.07) is 0. The molecule has 2 aliphatic heterocycles. The van der Waals surface area contributed by atoms with Crippen molar-refractivity contribution in [2.24, 2.45) is 0 Å². The fourth-order valence-corrected chi connectivity index (χ4v) is 1.84. The summed E-state index contributed by atoms with van der Waals surface area (Å²) in [6.45, 7) is 3.86. The molecule has 2 aliphatic rings. The van der Waals surface area contributed by atoms with Crippen LogP contribution in [0.4, 0.5) is 0 Å². The molecule has 0 aromatic carbocycles. The fourth-order valence-electron chi connectivity index (χ4n) is 1.84. The zero-order valence-electron chi connectivity index (χ0n) is 9.68. The van der Waals surface area contributed by atoms with Crippen molar-refractivity contribution >= 4 is 23.7 Å². The highest BCUT2D eigenvalue weighted by Gasteiger charge is 2.35. The highest BCUT2D eigenvalue weighted by molar-refractivity contribution is 6.03. The first-order valence-corrected chi connectivity index (χ1v) is 5.58. The molecule has 96 valence electrons. The molecule has 0 bridgehead atoms. The number of hydrogen-bond acceptors (Lipinski definition) is 5. The van der Waals surface area contributed by atoms with Crippen LogP contribution >= 0.6 is 0 Å². The number of imide groups is 1. The van der Waals surface area contributed by atoms with Gasteiger partial charge in [0.25, 0.3) is 11.8 Å². The second-order valence-corrected chi connectivity index (χ2v) is 4.06. The molecule has 18 heavy (non-hydrogen) atoms. The van der Waals surface area contributed by atoms with Crippen LogP contribution in [0.5, 0.6) is 0 Å². The molecule has 0 aliphatic carbocycles. The molecule has 0 saturated carbocycles. The van der Waals surface area contributed by atoms with E-state index in [0.717, 1.165) is 0 Å². The van der Waals surface area contributed by atoms with E-state index >= 15 is 0 Å². The summed E-state index contributed by atoms with van der Waals surface area (Å²) >= 11 is 0. The maximum atomic E-state index is 11.7. The summed E-state index contributed by atoms with van der Waals surface area (Å²) in [5.41, 5.74) is -0.148. The van der Waals surface area contributed by atoms with Gasteiger partial charge in [0.15, 0.2) is 0 Å². The molecule has 2 fully saturated rings. The van der Waals surface area contributed by atoms with Crippen molar-refractivity contribution in [2.45, 2.75) is 25.7 Å². The zero-order valence-corrected chi connectivity index (χ0v) is 9.68. The van der Waals surface area contributed by atoms with Crippen molar-refractivity contribution in [3.05, 3.63) is 12.3 Å². The molecule has 0 aromatic rings. The molecule has 2 rings (SSSR count). The first-order chi connectivity index (χ1) is 8.50. The Kier molecular flexibility index (Phi) is 3.14. The van der Waals surface area contributed by atoms with Gasteiger partial charge in [-0.3, -0.25) is 14.4 Å². The van der Waals surface area contributed by atoms with E-state index in [0.29, 0.717) is 24.4 Å². The van der Waals surface area contributed by atoms with Gasteiger partial charge in [-0.2, -0.15) is 0 Å². The number of carbonyl (C=O) groups excluding carboxylic acids is 4. The Morgan fingerprint density at radius 2 is 1.67 bits per heavy atom. The average Bonchev–Trinajstić information content (AvgIpc) is 2.88. The van der Waals surface area contributed by atoms with Gasteiger partial charge in [0.05, 0.1) is 0 Å². The maximum Gasteiger partial charge on any atom is 0.379 e. The van der Waals surface area contributed by atoms with Crippen molar-refractivity contribution in [3.63, 3.8) is 0 Å². The normalized spacial score (nSPS) is 19.7. The van der Waals surface area contributed by atoms with E-state index in [1.807, 2.05) is 0 Å². The van der Waals surface area contributed by atoms with Gasteiger partial charge in [-0.1, -0.05) is 6.58 Å². The van der Waals surface area contributed by atoms with Gasteiger partial charge in [0, 0.05) is 25.8 Å². The third kappa shape index (κ3) is 2.11. The van der Waals surface area contributed by atoms with Crippen LogP contribution in [0.15, 0.2) is 12.3 Å². The second kappa shape index (κ2) is 4.59. The van der Waals surface area contributed by atoms with E-state index in [1.54, 1.807) is 0 Å². The van der Waals surface area contributed by atoms with Gasteiger partial charge in [0.2, 0.25) is 5.91 Å². The van der Waals surface area contributed by atoms with Crippen molar-refractivity contribution in [2.75, 3.05) is 6.54 Å². The van der Waals surface area contributed by atoms with Crippen molar-refractivity contribution in [1.29, 1.82) is 0 Å². The lowest BCUT2D eigenvalue weighted by atomic mass is 10.4. The quantitative estimate of drug-likeness (QED) is 0.510. The highest BCUT2D eigenvalue weighted by Crippen LogP contribution is 2.18. The van der Waals surface area contributed by atoms with E-state index in [2.05, 4.69) is 11.4 Å². The Labute approximate surface area is 103 Å². The van der Waals surface area contributed by atoms with Crippen molar-refractivity contribution < 1.29 is 24.0 Å². The minimum atomic E-state index is -0.950. The molecule has 7 nitrogen and oxygen atoms in total. The van der Waals surface area contributed by atoms with Crippen LogP contribution in [-0.4, -0.2) is 40.2 Å². The average molecular weight is 252 g/mol. The maximum absolute atomic E-state index is 11.7. The van der Waals surface area contributed by atoms with Crippen LogP contribution in [0.1, 0.15) is 25.7 Å². The van der Waals surface area contributed by atoms with Gasteiger partial charge in [-0.15, -0.1) is 5.06 Å². The lowest BCUT2D eigenvalue weighted by Gasteiger charge is -2.19. The lowest BCUT2D eigenvalue weighted by molar-refractivity contribution is -0.195. The Morgan fingerprint density at radius 3 is 2.17 bits per heavy atom. The molecular weight excluding hydrogens is 240 g/mol. The molecule has 0 unspecified atom stereocenters. The number of carbonyl (C=O) groups is 4. The molecule has 0 aromatic heterocycles. The lowest BCUT2D eigenvalue weighted by Crippen LogP contribution is -2.36. The number of hydrogen-bond donors (Lipinski definition) is 0. The second-order valence-electron chi connectivity index (χ2n) is 4.06. The first kappa shape index (κ1) is 12.3. The van der Waals surface area contributed by atoms with Crippen LogP contribution in [-0.2, 0) is 24.0 Å². The smallest absolute Gasteiger partial charge is 0.323 e. The minimum absolute atomic E-state index is 0.0290. The minimum Gasteiger partial charge on any atom is -0.323 e. The van der Waals surface area contributed by atoms with Crippen LogP contribution in [0, 0.1) is 0 Å². The number of likely N-dealkylation sites (tertiary alicyclic amines) is 1. The number of amides is 3. The van der Waals surface area contributed by atoms with Gasteiger partial charge in [0.1, 0.15) is 5.70 Å². The number of nitrogens with zero attached hydrogens (tertiary/aromatic N) is 2. The largest absolute Gasteiger partial charge is 0.379 e.